The SMILES string of the molecule is Cl.Cl.Cn1cc(C(=O)C2CSC(c3cccnc3)N2)c2ccccc21. The van der Waals surface area contributed by atoms with Crippen LogP contribution >= 0.6 is 36.6 Å². The fourth-order valence-corrected chi connectivity index (χ4v) is 4.30. The minimum absolute atomic E-state index is 0. The van der Waals surface area contributed by atoms with Crippen molar-refractivity contribution in [3.05, 3.63) is 66.1 Å². The fourth-order valence-electron chi connectivity index (χ4n) is 3.07. The monoisotopic (exact) mass is 395 g/mol. The zero-order valence-corrected chi connectivity index (χ0v) is 16.0. The Bertz CT molecular complexity index is 869. The summed E-state index contributed by atoms with van der Waals surface area (Å²) >= 11 is 1.76. The molecule has 1 aromatic carbocycles. The third-order valence-electron chi connectivity index (χ3n) is 4.25. The smallest absolute Gasteiger partial charge is 0.182 e. The van der Waals surface area contributed by atoms with Gasteiger partial charge in [-0.2, -0.15) is 0 Å². The molecule has 0 aliphatic carbocycles. The number of rotatable bonds is 3. The van der Waals surface area contributed by atoms with Crippen LogP contribution in [0.4, 0.5) is 0 Å². The molecule has 7 heteroatoms. The first kappa shape index (κ1) is 19.8. The van der Waals surface area contributed by atoms with E-state index < -0.39 is 0 Å². The summed E-state index contributed by atoms with van der Waals surface area (Å²) in [6.07, 6.45) is 5.56. The summed E-state index contributed by atoms with van der Waals surface area (Å²) in [7, 11) is 1.98. The van der Waals surface area contributed by atoms with Crippen molar-refractivity contribution in [1.29, 1.82) is 0 Å². The normalized spacial score (nSPS) is 19.2. The van der Waals surface area contributed by atoms with E-state index in [2.05, 4.69) is 10.3 Å². The van der Waals surface area contributed by atoms with Crippen molar-refractivity contribution in [3.63, 3.8) is 0 Å². The third kappa shape index (κ3) is 3.70. The molecule has 1 fully saturated rings. The van der Waals surface area contributed by atoms with Crippen molar-refractivity contribution in [2.75, 3.05) is 5.75 Å². The van der Waals surface area contributed by atoms with Crippen molar-refractivity contribution >= 4 is 53.3 Å². The van der Waals surface area contributed by atoms with E-state index >= 15 is 0 Å². The Kier molecular flexibility index (Phi) is 6.52. The van der Waals surface area contributed by atoms with Crippen LogP contribution in [0.1, 0.15) is 21.3 Å². The first-order valence-electron chi connectivity index (χ1n) is 7.60. The lowest BCUT2D eigenvalue weighted by Gasteiger charge is -2.12. The number of nitrogens with zero attached hydrogens (tertiary/aromatic N) is 2. The van der Waals surface area contributed by atoms with Gasteiger partial charge in [0.2, 0.25) is 0 Å². The summed E-state index contributed by atoms with van der Waals surface area (Å²) in [5.41, 5.74) is 3.00. The van der Waals surface area contributed by atoms with Crippen LogP contribution in [0.15, 0.2) is 55.0 Å². The highest BCUT2D eigenvalue weighted by atomic mass is 35.5. The molecule has 0 spiro atoms. The minimum Gasteiger partial charge on any atom is -0.350 e. The molecule has 132 valence electrons. The molecule has 4 nitrogen and oxygen atoms in total. The number of halogens is 2. The van der Waals surface area contributed by atoms with Gasteiger partial charge in [-0.3, -0.25) is 15.1 Å². The van der Waals surface area contributed by atoms with Crippen LogP contribution in [0, 0.1) is 0 Å². The second kappa shape index (κ2) is 8.23. The summed E-state index contributed by atoms with van der Waals surface area (Å²) in [5, 5.41) is 4.60. The van der Waals surface area contributed by atoms with Crippen LogP contribution in [0.3, 0.4) is 0 Å². The maximum Gasteiger partial charge on any atom is 0.182 e. The van der Waals surface area contributed by atoms with Gasteiger partial charge in [-0.1, -0.05) is 24.3 Å². The van der Waals surface area contributed by atoms with E-state index in [0.717, 1.165) is 27.8 Å². The molecule has 2 atom stereocenters. The number of aromatic nitrogens is 2. The lowest BCUT2D eigenvalue weighted by Crippen LogP contribution is -2.34. The van der Waals surface area contributed by atoms with Crippen molar-refractivity contribution in [2.45, 2.75) is 11.4 Å². The Morgan fingerprint density at radius 3 is 2.80 bits per heavy atom. The highest BCUT2D eigenvalue weighted by Gasteiger charge is 2.32. The Morgan fingerprint density at radius 2 is 2.04 bits per heavy atom. The van der Waals surface area contributed by atoms with E-state index in [4.69, 9.17) is 0 Å². The van der Waals surface area contributed by atoms with Crippen LogP contribution in [-0.2, 0) is 7.05 Å². The highest BCUT2D eigenvalue weighted by Crippen LogP contribution is 2.34. The number of pyridine rings is 1. The van der Waals surface area contributed by atoms with E-state index in [1.54, 1.807) is 18.0 Å². The maximum absolute atomic E-state index is 12.9. The molecule has 25 heavy (non-hydrogen) atoms. The maximum atomic E-state index is 12.9. The van der Waals surface area contributed by atoms with Crippen LogP contribution in [0.25, 0.3) is 10.9 Å². The van der Waals surface area contributed by atoms with Crippen molar-refractivity contribution < 1.29 is 4.79 Å². The van der Waals surface area contributed by atoms with Crippen LogP contribution < -0.4 is 5.32 Å². The summed E-state index contributed by atoms with van der Waals surface area (Å²) in [6.45, 7) is 0. The van der Waals surface area contributed by atoms with Gasteiger partial charge >= 0.3 is 0 Å². The number of para-hydroxylation sites is 1. The molecule has 1 saturated heterocycles. The van der Waals surface area contributed by atoms with E-state index in [9.17, 15) is 4.79 Å². The van der Waals surface area contributed by atoms with Gasteiger partial charge in [-0.15, -0.1) is 36.6 Å². The van der Waals surface area contributed by atoms with Crippen LogP contribution in [0.2, 0.25) is 0 Å². The van der Waals surface area contributed by atoms with Gasteiger partial charge < -0.3 is 4.57 Å². The first-order valence-corrected chi connectivity index (χ1v) is 8.65. The second-order valence-corrected chi connectivity index (χ2v) is 6.89. The number of hydrogen-bond donors (Lipinski definition) is 1. The highest BCUT2D eigenvalue weighted by molar-refractivity contribution is 7.99. The molecule has 3 aromatic rings. The standard InChI is InChI=1S/C18H17N3OS.2ClH/c1-21-10-14(13-6-2-3-7-16(13)21)17(22)15-11-23-18(20-15)12-5-4-8-19-9-12;;/h2-10,15,18,20H,11H2,1H3;2*1H. The summed E-state index contributed by atoms with van der Waals surface area (Å²) in [4.78, 5) is 17.1. The molecule has 4 rings (SSSR count). The molecule has 2 unspecified atom stereocenters. The van der Waals surface area contributed by atoms with E-state index in [1.165, 1.54) is 0 Å². The lowest BCUT2D eigenvalue weighted by atomic mass is 10.0. The number of benzene rings is 1. The number of nitrogens with one attached hydrogen (secondary N) is 1. The van der Waals surface area contributed by atoms with Gasteiger partial charge in [-0.25, -0.2) is 0 Å². The molecular weight excluding hydrogens is 377 g/mol. The van der Waals surface area contributed by atoms with Crippen LogP contribution in [0.5, 0.6) is 0 Å². The molecule has 3 heterocycles. The Labute approximate surface area is 163 Å². The summed E-state index contributed by atoms with van der Waals surface area (Å²) in [5.74, 6) is 0.947. The number of fused-ring (bicyclic) bond motifs is 1. The third-order valence-corrected chi connectivity index (χ3v) is 5.52. The Balaban J connectivity index is 0.00000113. The molecule has 0 radical (unpaired) electrons. The quantitative estimate of drug-likeness (QED) is 0.680. The largest absolute Gasteiger partial charge is 0.350 e. The summed E-state index contributed by atoms with van der Waals surface area (Å²) in [6, 6.07) is 11.9. The summed E-state index contributed by atoms with van der Waals surface area (Å²) < 4.78 is 2.02. The topological polar surface area (TPSA) is 46.9 Å². The number of ketones is 1. The fraction of sp³-hybridized carbons (Fsp3) is 0.222. The predicted octanol–water partition coefficient (Wildman–Crippen LogP) is 4.00. The average Bonchev–Trinajstić information content (AvgIpc) is 3.21. The van der Waals surface area contributed by atoms with E-state index in [1.807, 2.05) is 60.4 Å². The molecule has 1 N–H and O–H groups in total. The van der Waals surface area contributed by atoms with Gasteiger partial charge in [0.1, 0.15) is 0 Å². The Hall–Kier alpha value is -1.53. The Morgan fingerprint density at radius 1 is 1.24 bits per heavy atom. The van der Waals surface area contributed by atoms with Gasteiger partial charge in [0, 0.05) is 47.9 Å². The average molecular weight is 396 g/mol. The van der Waals surface area contributed by atoms with Crippen molar-refractivity contribution in [3.8, 4) is 0 Å². The predicted molar refractivity (Wildman–Crippen MR) is 108 cm³/mol. The molecule has 0 saturated carbocycles. The molecule has 1 aliphatic rings. The number of hydrogen-bond acceptors (Lipinski definition) is 4. The molecule has 2 aromatic heterocycles. The van der Waals surface area contributed by atoms with Gasteiger partial charge in [0.05, 0.1) is 11.4 Å². The van der Waals surface area contributed by atoms with Crippen molar-refractivity contribution in [1.82, 2.24) is 14.9 Å². The van der Waals surface area contributed by atoms with E-state index in [0.29, 0.717) is 0 Å². The number of Topliss-reactive ketones (excluding diaryl/α,β-unsaturated/α-hetero) is 1. The van der Waals surface area contributed by atoms with Gasteiger partial charge in [-0.05, 0) is 17.7 Å². The van der Waals surface area contributed by atoms with Gasteiger partial charge in [0.15, 0.2) is 5.78 Å². The second-order valence-electron chi connectivity index (χ2n) is 5.75. The number of aryl methyl sites for hydroxylation is 1. The van der Waals surface area contributed by atoms with E-state index in [-0.39, 0.29) is 42.0 Å². The zero-order chi connectivity index (χ0) is 15.8. The van der Waals surface area contributed by atoms with Gasteiger partial charge in [0.25, 0.3) is 0 Å². The molecule has 1 aliphatic heterocycles. The van der Waals surface area contributed by atoms with Crippen molar-refractivity contribution in [2.24, 2.45) is 7.05 Å². The molecule has 0 bridgehead atoms. The number of carbonyl (C=O) groups excluding carboxylic acids is 1. The zero-order valence-electron chi connectivity index (χ0n) is 13.6. The first-order chi connectivity index (χ1) is 11.2. The lowest BCUT2D eigenvalue weighted by molar-refractivity contribution is 0.0957. The molecular formula is C18H19Cl2N3OS. The minimum atomic E-state index is -0.156. The number of thioether (sulfide) groups is 1. The molecule has 0 amide bonds. The number of carbonyl (C=O) groups is 1. The van der Waals surface area contributed by atoms with Crippen LogP contribution in [-0.4, -0.2) is 27.1 Å².